The van der Waals surface area contributed by atoms with Crippen LogP contribution in [0.4, 0.5) is 0 Å². The average Bonchev–Trinajstić information content (AvgIpc) is 2.97. The van der Waals surface area contributed by atoms with Crippen molar-refractivity contribution < 1.29 is 43.1 Å². The van der Waals surface area contributed by atoms with Crippen molar-refractivity contribution in [1.82, 2.24) is 0 Å². The monoisotopic (exact) mass is 524 g/mol. The van der Waals surface area contributed by atoms with E-state index in [0.29, 0.717) is 11.3 Å². The molecule has 0 aliphatic carbocycles. The van der Waals surface area contributed by atoms with Gasteiger partial charge >= 0.3 is 5.97 Å². The zero-order valence-electron chi connectivity index (χ0n) is 21.6. The molecule has 3 aromatic carbocycles. The third-order valence-electron chi connectivity index (χ3n) is 6.20. The fraction of sp³-hybridized carbons (Fsp3) is 0.345. The molecule has 202 valence electrons. The molecule has 1 saturated heterocycles. The fourth-order valence-electron chi connectivity index (χ4n) is 3.99. The van der Waals surface area contributed by atoms with Crippen molar-refractivity contribution in [2.24, 2.45) is 0 Å². The molecule has 0 saturated carbocycles. The second-order valence-electron chi connectivity index (χ2n) is 8.64. The van der Waals surface area contributed by atoms with Crippen molar-refractivity contribution in [1.29, 1.82) is 0 Å². The number of methoxy groups -OCH3 is 3. The Kier molecular flexibility index (Phi) is 9.56. The number of ether oxygens (including phenoxy) is 7. The van der Waals surface area contributed by atoms with E-state index in [1.54, 1.807) is 45.6 Å². The first kappa shape index (κ1) is 27.4. The summed E-state index contributed by atoms with van der Waals surface area (Å²) in [6.07, 6.45) is -3.94. The van der Waals surface area contributed by atoms with Gasteiger partial charge in [-0.3, -0.25) is 0 Å². The van der Waals surface area contributed by atoms with Crippen LogP contribution in [0.25, 0.3) is 0 Å². The summed E-state index contributed by atoms with van der Waals surface area (Å²) in [5.74, 6) is 1.44. The van der Waals surface area contributed by atoms with Crippen LogP contribution in [0.15, 0.2) is 72.8 Å². The van der Waals surface area contributed by atoms with Crippen LogP contribution in [-0.4, -0.2) is 63.6 Å². The zero-order chi connectivity index (χ0) is 26.9. The van der Waals surface area contributed by atoms with E-state index in [-0.39, 0.29) is 19.8 Å². The molecular formula is C29H32O9. The van der Waals surface area contributed by atoms with E-state index in [1.165, 1.54) is 0 Å². The lowest BCUT2D eigenvalue weighted by Crippen LogP contribution is -2.56. The molecule has 0 amide bonds. The molecule has 38 heavy (non-hydrogen) atoms. The summed E-state index contributed by atoms with van der Waals surface area (Å²) in [7, 11) is 4.75. The predicted octanol–water partition coefficient (Wildman–Crippen LogP) is 3.76. The van der Waals surface area contributed by atoms with Gasteiger partial charge in [-0.15, -0.1) is 0 Å². The molecule has 1 N–H and O–H groups in total. The smallest absolute Gasteiger partial charge is 0.338 e. The Hall–Kier alpha value is -3.63. The highest BCUT2D eigenvalue weighted by Crippen LogP contribution is 2.26. The van der Waals surface area contributed by atoms with Gasteiger partial charge < -0.3 is 38.3 Å². The van der Waals surface area contributed by atoms with Gasteiger partial charge in [0, 0.05) is 0 Å². The molecule has 0 aromatic heterocycles. The molecule has 0 radical (unpaired) electrons. The summed E-state index contributed by atoms with van der Waals surface area (Å²) >= 11 is 0. The van der Waals surface area contributed by atoms with Gasteiger partial charge in [0.1, 0.15) is 29.5 Å². The standard InChI is InChI=1S/C29H32O9/c1-32-22-10-4-19(5-11-22)16-35-25-18-37-29(31)27(38-28(30)21-8-14-24(34-3)15-9-21)26(25)36-17-20-6-12-23(33-2)13-7-20/h4-15,25-27,29,31H,16-18H2,1-3H3/t25-,26+,27-,29+/m1/s1. The van der Waals surface area contributed by atoms with E-state index in [9.17, 15) is 9.90 Å². The highest BCUT2D eigenvalue weighted by atomic mass is 16.7. The van der Waals surface area contributed by atoms with Crippen LogP contribution in [0.1, 0.15) is 21.5 Å². The Morgan fingerprint density at radius 3 is 1.71 bits per heavy atom. The van der Waals surface area contributed by atoms with E-state index < -0.39 is 30.6 Å². The maximum absolute atomic E-state index is 12.9. The Bertz CT molecular complexity index is 1150. The Labute approximate surface area is 221 Å². The van der Waals surface area contributed by atoms with Gasteiger partial charge in [0.2, 0.25) is 0 Å². The minimum atomic E-state index is -1.39. The molecule has 1 fully saturated rings. The van der Waals surface area contributed by atoms with Gasteiger partial charge in [-0.25, -0.2) is 4.79 Å². The zero-order valence-corrected chi connectivity index (χ0v) is 21.6. The summed E-state index contributed by atoms with van der Waals surface area (Å²) in [6.45, 7) is 0.511. The Morgan fingerprint density at radius 2 is 1.21 bits per heavy atom. The number of carbonyl (C=O) groups excluding carboxylic acids is 1. The van der Waals surface area contributed by atoms with Crippen molar-refractivity contribution in [2.75, 3.05) is 27.9 Å². The number of hydrogen-bond donors (Lipinski definition) is 1. The van der Waals surface area contributed by atoms with Gasteiger partial charge in [-0.05, 0) is 59.7 Å². The molecule has 9 heteroatoms. The summed E-state index contributed by atoms with van der Waals surface area (Å²) < 4.78 is 39.2. The van der Waals surface area contributed by atoms with E-state index in [0.717, 1.165) is 22.6 Å². The second kappa shape index (κ2) is 13.3. The quantitative estimate of drug-likeness (QED) is 0.376. The maximum atomic E-state index is 12.9. The number of aliphatic hydroxyl groups is 1. The van der Waals surface area contributed by atoms with E-state index >= 15 is 0 Å². The Morgan fingerprint density at radius 1 is 0.737 bits per heavy atom. The number of hydrogen-bond acceptors (Lipinski definition) is 9. The maximum Gasteiger partial charge on any atom is 0.338 e. The van der Waals surface area contributed by atoms with Crippen molar-refractivity contribution >= 4 is 5.97 Å². The molecule has 3 aromatic rings. The van der Waals surface area contributed by atoms with E-state index in [4.69, 9.17) is 33.2 Å². The average molecular weight is 525 g/mol. The van der Waals surface area contributed by atoms with Crippen LogP contribution in [0.5, 0.6) is 17.2 Å². The largest absolute Gasteiger partial charge is 0.497 e. The minimum absolute atomic E-state index is 0.0567. The van der Waals surface area contributed by atoms with Crippen molar-refractivity contribution in [2.45, 2.75) is 37.8 Å². The number of aliphatic hydroxyl groups excluding tert-OH is 1. The van der Waals surface area contributed by atoms with Crippen LogP contribution in [-0.2, 0) is 32.2 Å². The normalized spacial score (nSPS) is 20.9. The number of benzene rings is 3. The molecule has 1 aliphatic heterocycles. The molecule has 4 rings (SSSR count). The summed E-state index contributed by atoms with van der Waals surface area (Å²) in [4.78, 5) is 12.9. The molecule has 9 nitrogen and oxygen atoms in total. The van der Waals surface area contributed by atoms with Crippen LogP contribution in [0.3, 0.4) is 0 Å². The summed E-state index contributed by atoms with van der Waals surface area (Å²) in [5, 5.41) is 10.7. The van der Waals surface area contributed by atoms with Crippen molar-refractivity contribution in [3.8, 4) is 17.2 Å². The first-order valence-electron chi connectivity index (χ1n) is 12.1. The molecule has 0 spiro atoms. The Balaban J connectivity index is 1.50. The lowest BCUT2D eigenvalue weighted by Gasteiger charge is -2.39. The van der Waals surface area contributed by atoms with Crippen molar-refractivity contribution in [3.05, 3.63) is 89.5 Å². The summed E-state index contributed by atoms with van der Waals surface area (Å²) in [5.41, 5.74) is 2.09. The number of rotatable bonds is 11. The fourth-order valence-corrected chi connectivity index (χ4v) is 3.99. The molecular weight excluding hydrogens is 492 g/mol. The van der Waals surface area contributed by atoms with Gasteiger partial charge in [0.25, 0.3) is 0 Å². The van der Waals surface area contributed by atoms with Crippen LogP contribution < -0.4 is 14.2 Å². The summed E-state index contributed by atoms with van der Waals surface area (Å²) in [6, 6.07) is 21.4. The topological polar surface area (TPSA) is 102 Å². The SMILES string of the molecule is COc1ccc(CO[C@@H]2[C@@H](OC(=O)c3ccc(OC)cc3)[C@@H](O)OC[C@H]2OCc2ccc(OC)cc2)cc1. The highest BCUT2D eigenvalue weighted by molar-refractivity contribution is 5.89. The lowest BCUT2D eigenvalue weighted by molar-refractivity contribution is -0.272. The lowest BCUT2D eigenvalue weighted by atomic mass is 10.0. The van der Waals surface area contributed by atoms with Gasteiger partial charge in [0.15, 0.2) is 12.4 Å². The first-order valence-corrected chi connectivity index (χ1v) is 12.1. The molecule has 1 aliphatic rings. The van der Waals surface area contributed by atoms with Crippen LogP contribution >= 0.6 is 0 Å². The van der Waals surface area contributed by atoms with E-state index in [1.807, 2.05) is 48.5 Å². The first-order chi connectivity index (χ1) is 18.5. The number of carbonyl (C=O) groups is 1. The predicted molar refractivity (Wildman–Crippen MR) is 137 cm³/mol. The van der Waals surface area contributed by atoms with E-state index in [2.05, 4.69) is 0 Å². The third-order valence-corrected chi connectivity index (χ3v) is 6.20. The van der Waals surface area contributed by atoms with Crippen molar-refractivity contribution in [3.63, 3.8) is 0 Å². The van der Waals surface area contributed by atoms with Gasteiger partial charge in [0.05, 0.1) is 46.7 Å². The van der Waals surface area contributed by atoms with Crippen LogP contribution in [0.2, 0.25) is 0 Å². The van der Waals surface area contributed by atoms with Gasteiger partial charge in [-0.2, -0.15) is 0 Å². The minimum Gasteiger partial charge on any atom is -0.497 e. The molecule has 0 unspecified atom stereocenters. The molecule has 4 atom stereocenters. The second-order valence-corrected chi connectivity index (χ2v) is 8.64. The highest BCUT2D eigenvalue weighted by Gasteiger charge is 2.44. The molecule has 1 heterocycles. The number of esters is 1. The van der Waals surface area contributed by atoms with Crippen LogP contribution in [0, 0.1) is 0 Å². The third kappa shape index (κ3) is 7.02. The van der Waals surface area contributed by atoms with Gasteiger partial charge in [-0.1, -0.05) is 24.3 Å². The molecule has 0 bridgehead atoms.